The van der Waals surface area contributed by atoms with Crippen LogP contribution in [0.1, 0.15) is 39.0 Å². The van der Waals surface area contributed by atoms with Gasteiger partial charge in [0.05, 0.1) is 16.6 Å². The summed E-state index contributed by atoms with van der Waals surface area (Å²) in [7, 11) is 0. The van der Waals surface area contributed by atoms with E-state index >= 15 is 0 Å². The highest BCUT2D eigenvalue weighted by Crippen LogP contribution is 2.29. The third-order valence-electron chi connectivity index (χ3n) is 4.94. The summed E-state index contributed by atoms with van der Waals surface area (Å²) in [5.41, 5.74) is 2.78. The molecule has 27 heavy (non-hydrogen) atoms. The minimum atomic E-state index is -1.16. The number of rotatable bonds is 4. The highest BCUT2D eigenvalue weighted by Gasteiger charge is 2.26. The summed E-state index contributed by atoms with van der Waals surface area (Å²) in [6.07, 6.45) is 0. The zero-order chi connectivity index (χ0) is 19.1. The number of ketones is 1. The van der Waals surface area contributed by atoms with Crippen molar-refractivity contribution in [2.24, 2.45) is 0 Å². The van der Waals surface area contributed by atoms with Crippen LogP contribution in [-0.2, 0) is 6.54 Å². The molecule has 4 rings (SSSR count). The summed E-state index contributed by atoms with van der Waals surface area (Å²) in [4.78, 5) is 29.7. The molecular weight excluding hydrogens is 340 g/mol. The average molecular weight is 358 g/mol. The van der Waals surface area contributed by atoms with Gasteiger partial charge in [-0.1, -0.05) is 36.4 Å². The van der Waals surface area contributed by atoms with E-state index in [1.54, 1.807) is 12.1 Å². The highest BCUT2D eigenvalue weighted by atomic mass is 16.4. The van der Waals surface area contributed by atoms with E-state index in [0.29, 0.717) is 16.5 Å². The second-order valence-electron chi connectivity index (χ2n) is 6.43. The molecule has 0 radical (unpaired) electrons. The Hall–Kier alpha value is -3.47. The maximum atomic E-state index is 13.4. The van der Waals surface area contributed by atoms with Crippen molar-refractivity contribution in [2.75, 3.05) is 0 Å². The first kappa shape index (κ1) is 17.0. The number of hydrogen-bond donors (Lipinski definition) is 1. The molecule has 2 aromatic carbocycles. The Labute approximate surface area is 155 Å². The van der Waals surface area contributed by atoms with Gasteiger partial charge in [-0.2, -0.15) is 0 Å². The van der Waals surface area contributed by atoms with Crippen molar-refractivity contribution < 1.29 is 14.7 Å². The predicted octanol–water partition coefficient (Wildman–Crippen LogP) is 4.45. The van der Waals surface area contributed by atoms with Crippen LogP contribution in [0.25, 0.3) is 21.8 Å². The maximum Gasteiger partial charge on any atom is 0.338 e. The van der Waals surface area contributed by atoms with Crippen molar-refractivity contribution in [1.82, 2.24) is 9.55 Å². The Morgan fingerprint density at radius 3 is 2.52 bits per heavy atom. The van der Waals surface area contributed by atoms with Crippen LogP contribution < -0.4 is 0 Å². The molecule has 0 fully saturated rings. The molecule has 0 saturated heterocycles. The van der Waals surface area contributed by atoms with E-state index in [-0.39, 0.29) is 17.0 Å². The normalized spacial score (nSPS) is 11.2. The van der Waals surface area contributed by atoms with Crippen molar-refractivity contribution in [2.45, 2.75) is 20.4 Å². The molecule has 0 aliphatic carbocycles. The van der Waals surface area contributed by atoms with Crippen molar-refractivity contribution >= 4 is 33.6 Å². The van der Waals surface area contributed by atoms with Crippen LogP contribution in [0.5, 0.6) is 0 Å². The van der Waals surface area contributed by atoms with Gasteiger partial charge in [0.2, 0.25) is 5.78 Å². The zero-order valence-corrected chi connectivity index (χ0v) is 15.1. The van der Waals surface area contributed by atoms with Gasteiger partial charge in [-0.3, -0.25) is 4.79 Å². The number of aromatic nitrogens is 2. The summed E-state index contributed by atoms with van der Waals surface area (Å²) in [5, 5.41) is 11.2. The van der Waals surface area contributed by atoms with Gasteiger partial charge in [-0.15, -0.1) is 0 Å². The van der Waals surface area contributed by atoms with E-state index < -0.39 is 5.97 Å². The standard InChI is InChI=1S/C22H18N2O3/c1-3-24-13(2)19(15-9-5-7-11-18(15)24)21(25)20-16(22(26)27)12-14-8-4-6-10-17(14)23-20/h4-12H,3H2,1-2H3,(H,26,27). The molecular formula is C22H18N2O3. The quantitative estimate of drug-likeness (QED) is 0.547. The number of nitrogens with zero attached hydrogens (tertiary/aromatic N) is 2. The van der Waals surface area contributed by atoms with Crippen molar-refractivity contribution in [3.8, 4) is 0 Å². The number of aromatic carboxylic acids is 1. The maximum absolute atomic E-state index is 13.4. The molecule has 134 valence electrons. The van der Waals surface area contributed by atoms with Gasteiger partial charge in [-0.05, 0) is 32.0 Å². The largest absolute Gasteiger partial charge is 0.478 e. The van der Waals surface area contributed by atoms with Crippen LogP contribution in [0.2, 0.25) is 0 Å². The number of carboxylic acids is 1. The molecule has 0 unspecified atom stereocenters. The minimum absolute atomic E-state index is 0.0247. The van der Waals surface area contributed by atoms with Crippen LogP contribution in [0, 0.1) is 6.92 Å². The number of carboxylic acid groups (broad SMARTS) is 1. The number of benzene rings is 2. The molecule has 0 spiro atoms. The Bertz CT molecular complexity index is 1220. The topological polar surface area (TPSA) is 72.2 Å². The third-order valence-corrected chi connectivity index (χ3v) is 4.94. The molecule has 5 nitrogen and oxygen atoms in total. The SMILES string of the molecule is CCn1c(C)c(C(=O)c2nc3ccccc3cc2C(=O)O)c2ccccc21. The summed E-state index contributed by atoms with van der Waals surface area (Å²) in [6.45, 7) is 4.62. The van der Waals surface area contributed by atoms with Crippen LogP contribution in [0.4, 0.5) is 0 Å². The summed E-state index contributed by atoms with van der Waals surface area (Å²) in [6, 6.07) is 16.4. The smallest absolute Gasteiger partial charge is 0.338 e. The molecule has 0 aliphatic heterocycles. The highest BCUT2D eigenvalue weighted by molar-refractivity contribution is 6.20. The van der Waals surface area contributed by atoms with E-state index in [4.69, 9.17) is 0 Å². The van der Waals surface area contributed by atoms with Gasteiger partial charge in [-0.25, -0.2) is 9.78 Å². The molecule has 5 heteroatoms. The summed E-state index contributed by atoms with van der Waals surface area (Å²) >= 11 is 0. The fourth-order valence-electron chi connectivity index (χ4n) is 3.70. The van der Waals surface area contributed by atoms with Gasteiger partial charge in [0.25, 0.3) is 0 Å². The Balaban J connectivity index is 2.02. The number of pyridine rings is 1. The lowest BCUT2D eigenvalue weighted by Gasteiger charge is -2.08. The fraction of sp³-hybridized carbons (Fsp3) is 0.136. The van der Waals surface area contributed by atoms with Crippen LogP contribution in [-0.4, -0.2) is 26.4 Å². The first-order valence-corrected chi connectivity index (χ1v) is 8.78. The summed E-state index contributed by atoms with van der Waals surface area (Å²) in [5.74, 6) is -1.52. The van der Waals surface area contributed by atoms with E-state index in [1.807, 2.05) is 50.2 Å². The lowest BCUT2D eigenvalue weighted by Crippen LogP contribution is -2.13. The predicted molar refractivity (Wildman–Crippen MR) is 104 cm³/mol. The number of para-hydroxylation sites is 2. The second-order valence-corrected chi connectivity index (χ2v) is 6.43. The van der Waals surface area contributed by atoms with Crippen molar-refractivity contribution in [3.63, 3.8) is 0 Å². The number of fused-ring (bicyclic) bond motifs is 2. The monoisotopic (exact) mass is 358 g/mol. The molecule has 0 bridgehead atoms. The molecule has 0 amide bonds. The number of hydrogen-bond acceptors (Lipinski definition) is 3. The summed E-state index contributed by atoms with van der Waals surface area (Å²) < 4.78 is 2.06. The fourth-order valence-corrected chi connectivity index (χ4v) is 3.70. The minimum Gasteiger partial charge on any atom is -0.478 e. The Morgan fingerprint density at radius 2 is 1.78 bits per heavy atom. The Morgan fingerprint density at radius 1 is 1.07 bits per heavy atom. The lowest BCUT2D eigenvalue weighted by atomic mass is 9.99. The molecule has 0 saturated carbocycles. The second kappa shape index (κ2) is 6.36. The van der Waals surface area contributed by atoms with Crippen LogP contribution in [0.3, 0.4) is 0 Å². The third kappa shape index (κ3) is 2.59. The molecule has 0 atom stereocenters. The van der Waals surface area contributed by atoms with Gasteiger partial charge in [0, 0.05) is 28.5 Å². The van der Waals surface area contributed by atoms with E-state index in [1.165, 1.54) is 6.07 Å². The van der Waals surface area contributed by atoms with Gasteiger partial charge in [0.15, 0.2) is 0 Å². The van der Waals surface area contributed by atoms with Gasteiger partial charge >= 0.3 is 5.97 Å². The van der Waals surface area contributed by atoms with Crippen LogP contribution >= 0.6 is 0 Å². The van der Waals surface area contributed by atoms with E-state index in [2.05, 4.69) is 9.55 Å². The number of carbonyl (C=O) groups is 2. The Kier molecular flexibility index (Phi) is 4.00. The van der Waals surface area contributed by atoms with Gasteiger partial charge in [0.1, 0.15) is 5.69 Å². The van der Waals surface area contributed by atoms with Crippen LogP contribution in [0.15, 0.2) is 54.6 Å². The number of carbonyl (C=O) groups excluding carboxylic acids is 1. The van der Waals surface area contributed by atoms with Crippen molar-refractivity contribution in [1.29, 1.82) is 0 Å². The van der Waals surface area contributed by atoms with Crippen molar-refractivity contribution in [3.05, 3.63) is 77.1 Å². The average Bonchev–Trinajstić information content (AvgIpc) is 2.97. The molecule has 2 heterocycles. The number of aryl methyl sites for hydroxylation is 1. The van der Waals surface area contributed by atoms with E-state index in [0.717, 1.165) is 23.1 Å². The molecule has 2 aromatic heterocycles. The molecule has 4 aromatic rings. The lowest BCUT2D eigenvalue weighted by molar-refractivity contribution is 0.0692. The first-order chi connectivity index (χ1) is 13.0. The van der Waals surface area contributed by atoms with E-state index in [9.17, 15) is 14.7 Å². The molecule has 1 N–H and O–H groups in total. The van der Waals surface area contributed by atoms with Gasteiger partial charge < -0.3 is 9.67 Å². The zero-order valence-electron chi connectivity index (χ0n) is 15.1. The molecule has 0 aliphatic rings. The first-order valence-electron chi connectivity index (χ1n) is 8.78.